The second kappa shape index (κ2) is 5.19. The standard InChI is InChI=1S/C13H17BrN2O/c1-8-3-11(4-9(2)13(8)14)16-12(17)5-10-6-15-7-10/h3-4,10,15H,5-7H2,1-2H3,(H,16,17). The third-order valence-corrected chi connectivity index (χ3v) is 4.31. The Bertz CT molecular complexity index is 418. The normalized spacial score (nSPS) is 15.5. The molecule has 0 spiro atoms. The van der Waals surface area contributed by atoms with Crippen molar-refractivity contribution < 1.29 is 4.79 Å². The molecule has 2 N–H and O–H groups in total. The molecule has 0 aromatic heterocycles. The Morgan fingerprint density at radius 3 is 2.47 bits per heavy atom. The molecule has 0 aliphatic carbocycles. The van der Waals surface area contributed by atoms with Crippen LogP contribution >= 0.6 is 15.9 Å². The summed E-state index contributed by atoms with van der Waals surface area (Å²) in [5.74, 6) is 0.616. The van der Waals surface area contributed by atoms with Crippen LogP contribution in [0.2, 0.25) is 0 Å². The monoisotopic (exact) mass is 296 g/mol. The Morgan fingerprint density at radius 2 is 2.00 bits per heavy atom. The number of rotatable bonds is 3. The number of hydrogen-bond donors (Lipinski definition) is 2. The van der Waals surface area contributed by atoms with Gasteiger partial charge in [-0.05, 0) is 56.1 Å². The minimum Gasteiger partial charge on any atom is -0.326 e. The summed E-state index contributed by atoms with van der Waals surface area (Å²) in [5.41, 5.74) is 3.18. The first-order valence-electron chi connectivity index (χ1n) is 5.83. The Labute approximate surface area is 110 Å². The van der Waals surface area contributed by atoms with Crippen molar-refractivity contribution in [2.45, 2.75) is 20.3 Å². The topological polar surface area (TPSA) is 41.1 Å². The van der Waals surface area contributed by atoms with E-state index in [0.29, 0.717) is 12.3 Å². The van der Waals surface area contributed by atoms with Gasteiger partial charge in [0.2, 0.25) is 5.91 Å². The minimum absolute atomic E-state index is 0.109. The molecule has 0 radical (unpaired) electrons. The highest BCUT2D eigenvalue weighted by molar-refractivity contribution is 9.10. The van der Waals surface area contributed by atoms with Crippen LogP contribution in [0.4, 0.5) is 5.69 Å². The van der Waals surface area contributed by atoms with E-state index in [1.54, 1.807) is 0 Å². The molecule has 92 valence electrons. The molecule has 3 nitrogen and oxygen atoms in total. The summed E-state index contributed by atoms with van der Waals surface area (Å²) in [6.45, 7) is 5.99. The van der Waals surface area contributed by atoms with Crippen molar-refractivity contribution in [1.82, 2.24) is 5.32 Å². The highest BCUT2D eigenvalue weighted by atomic mass is 79.9. The van der Waals surface area contributed by atoms with Crippen LogP contribution in [0.1, 0.15) is 17.5 Å². The van der Waals surface area contributed by atoms with Gasteiger partial charge >= 0.3 is 0 Å². The van der Waals surface area contributed by atoms with Crippen LogP contribution < -0.4 is 10.6 Å². The number of aryl methyl sites for hydroxylation is 2. The van der Waals surface area contributed by atoms with Crippen LogP contribution in [0.15, 0.2) is 16.6 Å². The number of hydrogen-bond acceptors (Lipinski definition) is 2. The summed E-state index contributed by atoms with van der Waals surface area (Å²) < 4.78 is 1.11. The van der Waals surface area contributed by atoms with E-state index in [2.05, 4.69) is 26.6 Å². The molecular formula is C13H17BrN2O. The van der Waals surface area contributed by atoms with Gasteiger partial charge in [-0.1, -0.05) is 15.9 Å². The quantitative estimate of drug-likeness (QED) is 0.900. The SMILES string of the molecule is Cc1cc(NC(=O)CC2CNC2)cc(C)c1Br. The van der Waals surface area contributed by atoms with E-state index in [1.807, 2.05) is 26.0 Å². The van der Waals surface area contributed by atoms with Crippen molar-refractivity contribution in [1.29, 1.82) is 0 Å². The maximum Gasteiger partial charge on any atom is 0.224 e. The van der Waals surface area contributed by atoms with Crippen LogP contribution in [-0.4, -0.2) is 19.0 Å². The van der Waals surface area contributed by atoms with Gasteiger partial charge in [-0.15, -0.1) is 0 Å². The number of nitrogens with one attached hydrogen (secondary N) is 2. The lowest BCUT2D eigenvalue weighted by atomic mass is 9.99. The summed E-state index contributed by atoms with van der Waals surface area (Å²) in [4.78, 5) is 11.8. The zero-order chi connectivity index (χ0) is 12.4. The molecule has 0 bridgehead atoms. The Balaban J connectivity index is 2.00. The van der Waals surface area contributed by atoms with Gasteiger partial charge in [0.1, 0.15) is 0 Å². The fourth-order valence-electron chi connectivity index (χ4n) is 1.99. The molecule has 1 amide bonds. The van der Waals surface area contributed by atoms with Crippen molar-refractivity contribution in [2.75, 3.05) is 18.4 Å². The van der Waals surface area contributed by atoms with Gasteiger partial charge in [0.15, 0.2) is 0 Å². The third kappa shape index (κ3) is 3.07. The molecular weight excluding hydrogens is 280 g/mol. The van der Waals surface area contributed by atoms with E-state index in [0.717, 1.165) is 34.4 Å². The lowest BCUT2D eigenvalue weighted by Gasteiger charge is -2.26. The van der Waals surface area contributed by atoms with Gasteiger partial charge in [0.25, 0.3) is 0 Å². The first-order valence-corrected chi connectivity index (χ1v) is 6.63. The average molecular weight is 297 g/mol. The van der Waals surface area contributed by atoms with E-state index in [9.17, 15) is 4.79 Å². The van der Waals surface area contributed by atoms with Gasteiger partial charge in [0.05, 0.1) is 0 Å². The average Bonchev–Trinajstić information content (AvgIpc) is 2.20. The molecule has 2 rings (SSSR count). The predicted molar refractivity (Wildman–Crippen MR) is 73.2 cm³/mol. The highest BCUT2D eigenvalue weighted by Crippen LogP contribution is 2.25. The van der Waals surface area contributed by atoms with Crippen LogP contribution in [0.25, 0.3) is 0 Å². The highest BCUT2D eigenvalue weighted by Gasteiger charge is 2.20. The molecule has 1 heterocycles. The number of benzene rings is 1. The first kappa shape index (κ1) is 12.6. The largest absolute Gasteiger partial charge is 0.326 e. The van der Waals surface area contributed by atoms with Crippen molar-refractivity contribution in [3.05, 3.63) is 27.7 Å². The zero-order valence-corrected chi connectivity index (χ0v) is 11.7. The smallest absolute Gasteiger partial charge is 0.224 e. The second-order valence-electron chi connectivity index (χ2n) is 4.70. The van der Waals surface area contributed by atoms with E-state index >= 15 is 0 Å². The number of halogens is 1. The first-order chi connectivity index (χ1) is 8.06. The summed E-state index contributed by atoms with van der Waals surface area (Å²) in [5, 5.41) is 6.13. The molecule has 1 aromatic carbocycles. The lowest BCUT2D eigenvalue weighted by molar-refractivity contribution is -0.117. The van der Waals surface area contributed by atoms with E-state index in [1.165, 1.54) is 0 Å². The molecule has 1 saturated heterocycles. The molecule has 1 aromatic rings. The van der Waals surface area contributed by atoms with Crippen molar-refractivity contribution in [3.8, 4) is 0 Å². The molecule has 1 aliphatic rings. The molecule has 4 heteroatoms. The molecule has 0 saturated carbocycles. The number of anilines is 1. The lowest BCUT2D eigenvalue weighted by Crippen LogP contribution is -2.43. The fraction of sp³-hybridized carbons (Fsp3) is 0.462. The van der Waals surface area contributed by atoms with Gasteiger partial charge in [-0.3, -0.25) is 4.79 Å². The Kier molecular flexibility index (Phi) is 3.84. The number of amides is 1. The second-order valence-corrected chi connectivity index (χ2v) is 5.49. The summed E-state index contributed by atoms with van der Waals surface area (Å²) in [6.07, 6.45) is 0.612. The van der Waals surface area contributed by atoms with Gasteiger partial charge < -0.3 is 10.6 Å². The van der Waals surface area contributed by atoms with Crippen LogP contribution in [-0.2, 0) is 4.79 Å². The van der Waals surface area contributed by atoms with Gasteiger partial charge in [-0.25, -0.2) is 0 Å². The molecule has 0 unspecified atom stereocenters. The molecule has 1 aliphatic heterocycles. The zero-order valence-electron chi connectivity index (χ0n) is 10.1. The molecule has 0 atom stereocenters. The van der Waals surface area contributed by atoms with Crippen molar-refractivity contribution >= 4 is 27.5 Å². The molecule has 1 fully saturated rings. The predicted octanol–water partition coefficient (Wildman–Crippen LogP) is 2.61. The Morgan fingerprint density at radius 1 is 1.41 bits per heavy atom. The maximum absolute atomic E-state index is 11.8. The molecule has 17 heavy (non-hydrogen) atoms. The van der Waals surface area contributed by atoms with E-state index in [4.69, 9.17) is 0 Å². The minimum atomic E-state index is 0.109. The van der Waals surface area contributed by atoms with Gasteiger partial charge in [0, 0.05) is 16.6 Å². The fourth-order valence-corrected chi connectivity index (χ4v) is 2.21. The van der Waals surface area contributed by atoms with Gasteiger partial charge in [-0.2, -0.15) is 0 Å². The number of carbonyl (C=O) groups is 1. The summed E-state index contributed by atoms with van der Waals surface area (Å²) in [7, 11) is 0. The van der Waals surface area contributed by atoms with Crippen LogP contribution in [0.3, 0.4) is 0 Å². The van der Waals surface area contributed by atoms with Crippen molar-refractivity contribution in [3.63, 3.8) is 0 Å². The Hall–Kier alpha value is -0.870. The maximum atomic E-state index is 11.8. The van der Waals surface area contributed by atoms with E-state index in [-0.39, 0.29) is 5.91 Å². The van der Waals surface area contributed by atoms with Crippen LogP contribution in [0, 0.1) is 19.8 Å². The van der Waals surface area contributed by atoms with E-state index < -0.39 is 0 Å². The summed E-state index contributed by atoms with van der Waals surface area (Å²) >= 11 is 3.52. The third-order valence-electron chi connectivity index (χ3n) is 3.06. The van der Waals surface area contributed by atoms with Crippen molar-refractivity contribution in [2.24, 2.45) is 5.92 Å². The summed E-state index contributed by atoms with van der Waals surface area (Å²) in [6, 6.07) is 3.99. The number of carbonyl (C=O) groups excluding carboxylic acids is 1. The van der Waals surface area contributed by atoms with Crippen LogP contribution in [0.5, 0.6) is 0 Å².